The van der Waals surface area contributed by atoms with Crippen LogP contribution in [0.2, 0.25) is 0 Å². The Hall–Kier alpha value is -1.87. The second-order valence-corrected chi connectivity index (χ2v) is 9.29. The first kappa shape index (κ1) is 23.8. The Morgan fingerprint density at radius 1 is 0.935 bits per heavy atom. The number of rotatable bonds is 9. The minimum atomic E-state index is -5.37. The van der Waals surface area contributed by atoms with Gasteiger partial charge in [-0.25, -0.2) is 4.79 Å². The van der Waals surface area contributed by atoms with Gasteiger partial charge >= 0.3 is 29.9 Å². The molecule has 4 rings (SSSR count). The molecule has 0 aromatic carbocycles. The third-order valence-electron chi connectivity index (χ3n) is 6.89. The largest absolute Gasteiger partial charge is 0.478 e. The Kier molecular flexibility index (Phi) is 6.58. The first-order chi connectivity index (χ1) is 14.4. The molecule has 4 saturated carbocycles. The third-order valence-corrected chi connectivity index (χ3v) is 6.89. The molecule has 176 valence electrons. The molecule has 4 aliphatic carbocycles. The molecule has 4 bridgehead atoms. The summed E-state index contributed by atoms with van der Waals surface area (Å²) >= 11 is 0. The van der Waals surface area contributed by atoms with E-state index in [0.717, 1.165) is 19.3 Å². The lowest BCUT2D eigenvalue weighted by Crippen LogP contribution is -2.56. The summed E-state index contributed by atoms with van der Waals surface area (Å²) in [4.78, 5) is 35.6. The van der Waals surface area contributed by atoms with Crippen LogP contribution in [-0.2, 0) is 28.6 Å². The zero-order valence-corrected chi connectivity index (χ0v) is 17.6. The lowest BCUT2D eigenvalue weighted by Gasteiger charge is -2.55. The highest BCUT2D eigenvalue weighted by Gasteiger charge is 2.69. The van der Waals surface area contributed by atoms with Crippen LogP contribution in [0.15, 0.2) is 0 Å². The molecule has 31 heavy (non-hydrogen) atoms. The van der Waals surface area contributed by atoms with E-state index in [-0.39, 0.29) is 17.8 Å². The van der Waals surface area contributed by atoms with E-state index in [9.17, 15) is 31.9 Å². The highest BCUT2D eigenvalue weighted by atomic mass is 19.3. The average molecular weight is 452 g/mol. The molecule has 4 aliphatic rings. The normalized spacial score (nSPS) is 30.6. The predicted molar refractivity (Wildman–Crippen MR) is 98.0 cm³/mol. The van der Waals surface area contributed by atoms with Crippen molar-refractivity contribution in [3.05, 3.63) is 0 Å². The second-order valence-electron chi connectivity index (χ2n) is 9.29. The lowest BCUT2D eigenvalue weighted by molar-refractivity contribution is -0.330. The molecule has 0 radical (unpaired) electrons. The Morgan fingerprint density at radius 2 is 1.42 bits per heavy atom. The van der Waals surface area contributed by atoms with E-state index in [0.29, 0.717) is 25.7 Å². The summed E-state index contributed by atoms with van der Waals surface area (Å²) in [5, 5.41) is 0. The molecule has 1 atom stereocenters. The summed E-state index contributed by atoms with van der Waals surface area (Å²) in [7, 11) is 0. The van der Waals surface area contributed by atoms with E-state index >= 15 is 0 Å². The number of ether oxygens (including phenoxy) is 3. The smallest absolute Gasteiger partial charge is 0.462 e. The molecule has 0 saturated heterocycles. The molecule has 0 N–H and O–H groups in total. The van der Waals surface area contributed by atoms with Gasteiger partial charge in [-0.05, 0) is 62.7 Å². The van der Waals surface area contributed by atoms with Crippen LogP contribution in [0.3, 0.4) is 0 Å². The highest BCUT2D eigenvalue weighted by molar-refractivity contribution is 5.81. The Morgan fingerprint density at radius 3 is 1.90 bits per heavy atom. The van der Waals surface area contributed by atoms with Crippen LogP contribution in [-0.4, -0.2) is 43.2 Å². The van der Waals surface area contributed by atoms with Gasteiger partial charge in [0.1, 0.15) is 13.2 Å². The summed E-state index contributed by atoms with van der Waals surface area (Å²) in [5.74, 6) is -9.69. The van der Waals surface area contributed by atoms with E-state index < -0.39 is 54.5 Å². The number of alkyl halides is 4. The number of carbonyl (C=O) groups excluding carboxylic acids is 3. The van der Waals surface area contributed by atoms with Crippen molar-refractivity contribution in [3.63, 3.8) is 0 Å². The van der Waals surface area contributed by atoms with Gasteiger partial charge in [-0.2, -0.15) is 17.6 Å². The number of halogens is 4. The maximum absolute atomic E-state index is 14.2. The third kappa shape index (κ3) is 4.67. The fourth-order valence-electron chi connectivity index (χ4n) is 5.44. The summed E-state index contributed by atoms with van der Waals surface area (Å²) in [5.41, 5.74) is -1.18. The molecule has 10 heteroatoms. The molecular weight excluding hydrogens is 424 g/mol. The predicted octanol–water partition coefficient (Wildman–Crippen LogP) is 4.11. The van der Waals surface area contributed by atoms with Crippen molar-refractivity contribution in [1.29, 1.82) is 0 Å². The molecular formula is C21H28F4O6. The van der Waals surface area contributed by atoms with Gasteiger partial charge in [0, 0.05) is 0 Å². The zero-order chi connectivity index (χ0) is 23.0. The molecule has 0 aromatic rings. The highest BCUT2D eigenvalue weighted by Crippen LogP contribution is 2.61. The van der Waals surface area contributed by atoms with Crippen molar-refractivity contribution in [2.24, 2.45) is 29.1 Å². The Bertz CT molecular complexity index is 687. The maximum Gasteiger partial charge on any atom is 0.478 e. The first-order valence-corrected chi connectivity index (χ1v) is 10.7. The fourth-order valence-corrected chi connectivity index (χ4v) is 5.44. The molecule has 0 heterocycles. The van der Waals surface area contributed by atoms with E-state index in [1.54, 1.807) is 13.8 Å². The van der Waals surface area contributed by atoms with Crippen molar-refractivity contribution < 1.29 is 46.2 Å². The quantitative estimate of drug-likeness (QED) is 0.227. The van der Waals surface area contributed by atoms with E-state index in [1.165, 1.54) is 0 Å². The summed E-state index contributed by atoms with van der Waals surface area (Å²) in [6.45, 7) is 1.94. The van der Waals surface area contributed by atoms with Gasteiger partial charge < -0.3 is 14.2 Å². The average Bonchev–Trinajstić information content (AvgIpc) is 2.68. The van der Waals surface area contributed by atoms with Crippen molar-refractivity contribution in [3.8, 4) is 0 Å². The fraction of sp³-hybridized carbons (Fsp3) is 0.857. The van der Waals surface area contributed by atoms with Crippen LogP contribution < -0.4 is 0 Å². The minimum Gasteiger partial charge on any atom is -0.462 e. The lowest BCUT2D eigenvalue weighted by atomic mass is 9.49. The zero-order valence-electron chi connectivity index (χ0n) is 17.6. The van der Waals surface area contributed by atoms with Crippen molar-refractivity contribution in [1.82, 2.24) is 0 Å². The molecule has 6 nitrogen and oxygen atoms in total. The standard InChI is InChI=1S/C21H28F4O6/c1-3-12(2)16(26)29-4-5-30-18(28)20(22,23)21(24,25)31-17(27)19-9-13-6-14(10-19)8-15(7-13)11-19/h12-15H,3-11H2,1-2H3. The van der Waals surface area contributed by atoms with Crippen LogP contribution in [0.5, 0.6) is 0 Å². The SMILES string of the molecule is CCC(C)C(=O)OCCOC(=O)C(F)(F)C(F)(F)OC(=O)C12CC3CC(CC(C3)C1)C2. The summed E-state index contributed by atoms with van der Waals surface area (Å²) in [6, 6.07) is 0. The van der Waals surface area contributed by atoms with Crippen LogP contribution in [0.25, 0.3) is 0 Å². The van der Waals surface area contributed by atoms with Gasteiger partial charge in [-0.1, -0.05) is 13.8 Å². The number of esters is 3. The summed E-state index contributed by atoms with van der Waals surface area (Å²) < 4.78 is 69.4. The maximum atomic E-state index is 14.2. The minimum absolute atomic E-state index is 0.219. The Labute approximate surface area is 178 Å². The Balaban J connectivity index is 1.55. The van der Waals surface area contributed by atoms with Gasteiger partial charge in [-0.15, -0.1) is 0 Å². The molecule has 0 spiro atoms. The number of carbonyl (C=O) groups is 3. The van der Waals surface area contributed by atoms with Gasteiger partial charge in [0.25, 0.3) is 0 Å². The van der Waals surface area contributed by atoms with E-state index in [4.69, 9.17) is 4.74 Å². The van der Waals surface area contributed by atoms with Crippen molar-refractivity contribution in [2.75, 3.05) is 13.2 Å². The van der Waals surface area contributed by atoms with Gasteiger partial charge in [0.05, 0.1) is 11.3 Å². The number of hydrogen-bond donors (Lipinski definition) is 0. The molecule has 0 amide bonds. The van der Waals surface area contributed by atoms with Gasteiger partial charge in [0.15, 0.2) is 0 Å². The van der Waals surface area contributed by atoms with Crippen LogP contribution >= 0.6 is 0 Å². The number of hydrogen-bond acceptors (Lipinski definition) is 6. The van der Waals surface area contributed by atoms with Gasteiger partial charge in [-0.3, -0.25) is 9.59 Å². The van der Waals surface area contributed by atoms with Crippen LogP contribution in [0.4, 0.5) is 17.6 Å². The van der Waals surface area contributed by atoms with Crippen molar-refractivity contribution >= 4 is 17.9 Å². The van der Waals surface area contributed by atoms with E-state index in [2.05, 4.69) is 9.47 Å². The van der Waals surface area contributed by atoms with Gasteiger partial charge in [0.2, 0.25) is 0 Å². The van der Waals surface area contributed by atoms with Crippen LogP contribution in [0.1, 0.15) is 58.8 Å². The first-order valence-electron chi connectivity index (χ1n) is 10.7. The molecule has 0 aromatic heterocycles. The monoisotopic (exact) mass is 452 g/mol. The summed E-state index contributed by atoms with van der Waals surface area (Å²) in [6.07, 6.45) is -1.04. The molecule has 4 fully saturated rings. The van der Waals surface area contributed by atoms with E-state index in [1.807, 2.05) is 0 Å². The van der Waals surface area contributed by atoms with Crippen molar-refractivity contribution in [2.45, 2.75) is 70.8 Å². The topological polar surface area (TPSA) is 78.9 Å². The van der Waals surface area contributed by atoms with Crippen LogP contribution in [0, 0.1) is 29.1 Å². The molecule has 0 aliphatic heterocycles. The molecule has 1 unspecified atom stereocenters. The second kappa shape index (κ2) is 8.58.